The third kappa shape index (κ3) is 6.06. The van der Waals surface area contributed by atoms with E-state index in [1.807, 2.05) is 37.3 Å². The number of rotatable bonds is 8. The summed E-state index contributed by atoms with van der Waals surface area (Å²) < 4.78 is 15.6. The third-order valence-corrected chi connectivity index (χ3v) is 2.26. The Morgan fingerprint density at radius 2 is 1.79 bits per heavy atom. The van der Waals surface area contributed by atoms with Crippen LogP contribution < -0.4 is 0 Å². The minimum absolute atomic E-state index is 0.202. The van der Waals surface area contributed by atoms with Gasteiger partial charge in [-0.15, -0.1) is 0 Å². The largest absolute Gasteiger partial charge is 0.484 e. The predicted octanol–water partition coefficient (Wildman–Crippen LogP) is 2.64. The highest BCUT2D eigenvalue weighted by Gasteiger charge is 2.12. The number of carbonyl (C=O) groups excluding carboxylic acids is 1. The van der Waals surface area contributed by atoms with Gasteiger partial charge in [0.25, 0.3) is 0 Å². The van der Waals surface area contributed by atoms with Gasteiger partial charge in [-0.2, -0.15) is 0 Å². The van der Waals surface area contributed by atoms with Gasteiger partial charge in [0.2, 0.25) is 5.76 Å². The van der Waals surface area contributed by atoms with Crippen molar-refractivity contribution >= 4 is 12.0 Å². The van der Waals surface area contributed by atoms with E-state index in [0.29, 0.717) is 26.4 Å². The quantitative estimate of drug-likeness (QED) is 0.313. The molecule has 0 heterocycles. The van der Waals surface area contributed by atoms with E-state index in [1.54, 1.807) is 13.0 Å². The summed E-state index contributed by atoms with van der Waals surface area (Å²) in [5.74, 6) is -0.254. The molecule has 1 aromatic carbocycles. The predicted molar refractivity (Wildman–Crippen MR) is 73.5 cm³/mol. The van der Waals surface area contributed by atoms with Gasteiger partial charge in [-0.1, -0.05) is 30.3 Å². The number of carbonyl (C=O) groups is 1. The fourth-order valence-electron chi connectivity index (χ4n) is 1.42. The standard InChI is InChI=1S/C15H20O4/c1-3-17-10-11-19-14(15(16)18-4-2)12-13-8-6-5-7-9-13/h5-9,12H,3-4,10-11H2,1-2H3. The van der Waals surface area contributed by atoms with Crippen LogP contribution in [0.1, 0.15) is 19.4 Å². The van der Waals surface area contributed by atoms with Crippen molar-refractivity contribution in [2.45, 2.75) is 13.8 Å². The Morgan fingerprint density at radius 3 is 2.42 bits per heavy atom. The van der Waals surface area contributed by atoms with Crippen LogP contribution in [0.4, 0.5) is 0 Å². The van der Waals surface area contributed by atoms with E-state index in [2.05, 4.69) is 0 Å². The van der Waals surface area contributed by atoms with Gasteiger partial charge in [-0.05, 0) is 25.5 Å². The highest BCUT2D eigenvalue weighted by Crippen LogP contribution is 2.09. The number of esters is 1. The van der Waals surface area contributed by atoms with Gasteiger partial charge >= 0.3 is 5.97 Å². The van der Waals surface area contributed by atoms with Crippen LogP contribution in [-0.2, 0) is 19.0 Å². The van der Waals surface area contributed by atoms with Crippen LogP contribution in [0.25, 0.3) is 6.08 Å². The van der Waals surface area contributed by atoms with E-state index in [1.165, 1.54) is 0 Å². The Bertz CT molecular complexity index is 398. The second kappa shape index (κ2) is 9.16. The number of ether oxygens (including phenoxy) is 3. The van der Waals surface area contributed by atoms with Crippen LogP contribution in [-0.4, -0.2) is 32.4 Å². The van der Waals surface area contributed by atoms with Crippen LogP contribution in [0.5, 0.6) is 0 Å². The molecule has 0 bridgehead atoms. The molecule has 0 aliphatic carbocycles. The summed E-state index contributed by atoms with van der Waals surface area (Å²) in [6.07, 6.45) is 1.67. The monoisotopic (exact) mass is 264 g/mol. The van der Waals surface area contributed by atoms with Gasteiger partial charge in [0.1, 0.15) is 6.61 Å². The normalized spacial score (nSPS) is 11.2. The molecule has 1 aromatic rings. The maximum atomic E-state index is 11.8. The zero-order valence-corrected chi connectivity index (χ0v) is 11.4. The van der Waals surface area contributed by atoms with Crippen molar-refractivity contribution in [1.29, 1.82) is 0 Å². The van der Waals surface area contributed by atoms with Crippen LogP contribution in [0.3, 0.4) is 0 Å². The number of benzene rings is 1. The van der Waals surface area contributed by atoms with Crippen molar-refractivity contribution in [3.63, 3.8) is 0 Å². The Kier molecular flexibility index (Phi) is 7.35. The lowest BCUT2D eigenvalue weighted by Crippen LogP contribution is -2.13. The Labute approximate surface area is 114 Å². The first kappa shape index (κ1) is 15.2. The van der Waals surface area contributed by atoms with E-state index in [-0.39, 0.29) is 5.76 Å². The molecule has 0 amide bonds. The molecule has 0 aliphatic rings. The second-order valence-corrected chi connectivity index (χ2v) is 3.69. The van der Waals surface area contributed by atoms with Gasteiger partial charge < -0.3 is 14.2 Å². The molecule has 0 radical (unpaired) electrons. The SMILES string of the molecule is CCOCCOC(=Cc1ccccc1)C(=O)OCC. The van der Waals surface area contributed by atoms with E-state index >= 15 is 0 Å². The summed E-state index contributed by atoms with van der Waals surface area (Å²) in [4.78, 5) is 11.8. The Morgan fingerprint density at radius 1 is 1.05 bits per heavy atom. The van der Waals surface area contributed by atoms with Crippen molar-refractivity contribution in [2.24, 2.45) is 0 Å². The highest BCUT2D eigenvalue weighted by atomic mass is 16.6. The lowest BCUT2D eigenvalue weighted by atomic mass is 10.2. The minimum Gasteiger partial charge on any atom is -0.484 e. The fourth-order valence-corrected chi connectivity index (χ4v) is 1.42. The van der Waals surface area contributed by atoms with Crippen molar-refractivity contribution in [1.82, 2.24) is 0 Å². The van der Waals surface area contributed by atoms with Gasteiger partial charge in [0.15, 0.2) is 0 Å². The molecule has 1 rings (SSSR count). The van der Waals surface area contributed by atoms with Crippen LogP contribution >= 0.6 is 0 Å². The average Bonchev–Trinajstić information content (AvgIpc) is 2.43. The molecule has 19 heavy (non-hydrogen) atoms. The fraction of sp³-hybridized carbons (Fsp3) is 0.400. The van der Waals surface area contributed by atoms with Crippen LogP contribution in [0.2, 0.25) is 0 Å². The molecule has 0 atom stereocenters. The molecule has 0 saturated carbocycles. The van der Waals surface area contributed by atoms with E-state index in [4.69, 9.17) is 14.2 Å². The van der Waals surface area contributed by atoms with Crippen LogP contribution in [0, 0.1) is 0 Å². The van der Waals surface area contributed by atoms with Crippen molar-refractivity contribution in [2.75, 3.05) is 26.4 Å². The topological polar surface area (TPSA) is 44.8 Å². The number of hydrogen-bond donors (Lipinski definition) is 0. The first-order valence-corrected chi connectivity index (χ1v) is 6.42. The maximum absolute atomic E-state index is 11.8. The Hall–Kier alpha value is -1.81. The molecule has 0 aromatic heterocycles. The molecular formula is C15H20O4. The summed E-state index contributed by atoms with van der Waals surface area (Å²) >= 11 is 0. The van der Waals surface area contributed by atoms with Crippen molar-refractivity contribution < 1.29 is 19.0 Å². The lowest BCUT2D eigenvalue weighted by Gasteiger charge is -2.09. The van der Waals surface area contributed by atoms with E-state index in [0.717, 1.165) is 5.56 Å². The van der Waals surface area contributed by atoms with Gasteiger partial charge in [0, 0.05) is 6.61 Å². The molecule has 0 spiro atoms. The average molecular weight is 264 g/mol. The first-order chi connectivity index (χ1) is 9.27. The molecule has 0 N–H and O–H groups in total. The summed E-state index contributed by atoms with van der Waals surface area (Å²) in [7, 11) is 0. The molecule has 0 unspecified atom stereocenters. The van der Waals surface area contributed by atoms with Crippen molar-refractivity contribution in [3.05, 3.63) is 41.7 Å². The minimum atomic E-state index is -0.456. The van der Waals surface area contributed by atoms with E-state index < -0.39 is 5.97 Å². The van der Waals surface area contributed by atoms with Gasteiger partial charge in [-0.3, -0.25) is 0 Å². The zero-order valence-electron chi connectivity index (χ0n) is 11.4. The highest BCUT2D eigenvalue weighted by molar-refractivity contribution is 5.91. The molecule has 4 nitrogen and oxygen atoms in total. The molecule has 4 heteroatoms. The summed E-state index contributed by atoms with van der Waals surface area (Å²) in [5, 5.41) is 0. The van der Waals surface area contributed by atoms with Gasteiger partial charge in [0.05, 0.1) is 13.2 Å². The lowest BCUT2D eigenvalue weighted by molar-refractivity contribution is -0.142. The molecule has 0 fully saturated rings. The zero-order chi connectivity index (χ0) is 13.9. The third-order valence-electron chi connectivity index (χ3n) is 2.26. The summed E-state index contributed by atoms with van der Waals surface area (Å²) in [6, 6.07) is 9.50. The van der Waals surface area contributed by atoms with Gasteiger partial charge in [-0.25, -0.2) is 4.79 Å². The van der Waals surface area contributed by atoms with E-state index in [9.17, 15) is 4.79 Å². The summed E-state index contributed by atoms with van der Waals surface area (Å²) in [6.45, 7) is 5.39. The molecule has 0 saturated heterocycles. The Balaban J connectivity index is 2.68. The molecule has 0 aliphatic heterocycles. The second-order valence-electron chi connectivity index (χ2n) is 3.69. The van der Waals surface area contributed by atoms with Crippen LogP contribution in [0.15, 0.2) is 36.1 Å². The molecule has 104 valence electrons. The smallest absolute Gasteiger partial charge is 0.373 e. The summed E-state index contributed by atoms with van der Waals surface area (Å²) in [5.41, 5.74) is 0.891. The first-order valence-electron chi connectivity index (χ1n) is 6.42. The van der Waals surface area contributed by atoms with Crippen molar-refractivity contribution in [3.8, 4) is 0 Å². The molecular weight excluding hydrogens is 244 g/mol. The maximum Gasteiger partial charge on any atom is 0.373 e. The number of hydrogen-bond acceptors (Lipinski definition) is 4.